The number of hydrogen-bond acceptors (Lipinski definition) is 2. The SMILES string of the molecule is CCN(CC)CCC(N)Cc1cc(Cl)ccc1F. The van der Waals surface area contributed by atoms with Crippen molar-refractivity contribution in [2.45, 2.75) is 32.7 Å². The first kappa shape index (κ1) is 15.4. The van der Waals surface area contributed by atoms with Gasteiger partial charge in [-0.25, -0.2) is 4.39 Å². The Balaban J connectivity index is 2.48. The average Bonchev–Trinajstić information content (AvgIpc) is 2.35. The van der Waals surface area contributed by atoms with Crippen molar-refractivity contribution in [1.82, 2.24) is 4.90 Å². The van der Waals surface area contributed by atoms with E-state index in [0.717, 1.165) is 26.1 Å². The van der Waals surface area contributed by atoms with Gasteiger partial charge in [0.15, 0.2) is 0 Å². The fourth-order valence-corrected chi connectivity index (χ4v) is 2.17. The molecule has 0 heterocycles. The van der Waals surface area contributed by atoms with Gasteiger partial charge in [0.2, 0.25) is 0 Å². The second-order valence-corrected chi connectivity index (χ2v) is 4.95. The first-order valence-electron chi connectivity index (χ1n) is 6.48. The third-order valence-corrected chi connectivity index (χ3v) is 3.44. The zero-order valence-corrected chi connectivity index (χ0v) is 11.9. The molecule has 0 spiro atoms. The molecular weight excluding hydrogens is 251 g/mol. The summed E-state index contributed by atoms with van der Waals surface area (Å²) >= 11 is 5.86. The molecule has 1 aromatic rings. The topological polar surface area (TPSA) is 29.3 Å². The van der Waals surface area contributed by atoms with Gasteiger partial charge in [0.25, 0.3) is 0 Å². The summed E-state index contributed by atoms with van der Waals surface area (Å²) in [5.41, 5.74) is 6.65. The molecule has 102 valence electrons. The van der Waals surface area contributed by atoms with E-state index in [1.807, 2.05) is 0 Å². The third kappa shape index (κ3) is 4.92. The molecular formula is C14H22ClFN2. The molecule has 0 bridgehead atoms. The van der Waals surface area contributed by atoms with Crippen molar-refractivity contribution < 1.29 is 4.39 Å². The van der Waals surface area contributed by atoms with Gasteiger partial charge in [0, 0.05) is 11.1 Å². The maximum Gasteiger partial charge on any atom is 0.126 e. The lowest BCUT2D eigenvalue weighted by molar-refractivity contribution is 0.289. The minimum absolute atomic E-state index is 0.0291. The standard InChI is InChI=1S/C14H22ClFN2/c1-3-18(4-2)8-7-13(17)10-11-9-12(15)5-6-14(11)16/h5-6,9,13H,3-4,7-8,10,17H2,1-2H3. The van der Waals surface area contributed by atoms with Crippen LogP contribution in [-0.4, -0.2) is 30.6 Å². The fraction of sp³-hybridized carbons (Fsp3) is 0.571. The fourth-order valence-electron chi connectivity index (χ4n) is 1.97. The van der Waals surface area contributed by atoms with Crippen molar-refractivity contribution in [3.05, 3.63) is 34.6 Å². The number of hydrogen-bond donors (Lipinski definition) is 1. The van der Waals surface area contributed by atoms with Gasteiger partial charge in [-0.3, -0.25) is 0 Å². The summed E-state index contributed by atoms with van der Waals surface area (Å²) in [6.45, 7) is 7.26. The van der Waals surface area contributed by atoms with E-state index in [0.29, 0.717) is 17.0 Å². The van der Waals surface area contributed by atoms with Gasteiger partial charge in [-0.15, -0.1) is 0 Å². The minimum atomic E-state index is -0.224. The van der Waals surface area contributed by atoms with E-state index >= 15 is 0 Å². The Labute approximate surface area is 114 Å². The first-order valence-corrected chi connectivity index (χ1v) is 6.86. The molecule has 1 unspecified atom stereocenters. The largest absolute Gasteiger partial charge is 0.327 e. The van der Waals surface area contributed by atoms with Gasteiger partial charge in [-0.2, -0.15) is 0 Å². The molecule has 0 radical (unpaired) electrons. The quantitative estimate of drug-likeness (QED) is 0.827. The molecule has 2 nitrogen and oxygen atoms in total. The van der Waals surface area contributed by atoms with Crippen LogP contribution in [0.5, 0.6) is 0 Å². The van der Waals surface area contributed by atoms with Crippen LogP contribution in [-0.2, 0) is 6.42 Å². The highest BCUT2D eigenvalue weighted by atomic mass is 35.5. The molecule has 0 aliphatic carbocycles. The number of benzene rings is 1. The van der Waals surface area contributed by atoms with E-state index in [1.54, 1.807) is 12.1 Å². The van der Waals surface area contributed by atoms with E-state index in [1.165, 1.54) is 6.07 Å². The van der Waals surface area contributed by atoms with Crippen LogP contribution in [0.15, 0.2) is 18.2 Å². The normalized spacial score (nSPS) is 13.0. The van der Waals surface area contributed by atoms with Crippen LogP contribution in [0, 0.1) is 5.82 Å². The molecule has 0 aromatic heterocycles. The Morgan fingerprint density at radius 3 is 2.61 bits per heavy atom. The molecule has 1 atom stereocenters. The van der Waals surface area contributed by atoms with Gasteiger partial charge < -0.3 is 10.6 Å². The highest BCUT2D eigenvalue weighted by molar-refractivity contribution is 6.30. The van der Waals surface area contributed by atoms with E-state index in [9.17, 15) is 4.39 Å². The summed E-state index contributed by atoms with van der Waals surface area (Å²) in [6, 6.07) is 4.59. The molecule has 1 aromatic carbocycles. The van der Waals surface area contributed by atoms with Crippen LogP contribution < -0.4 is 5.73 Å². The van der Waals surface area contributed by atoms with Gasteiger partial charge in [-0.05, 0) is 56.2 Å². The summed E-state index contributed by atoms with van der Waals surface area (Å²) in [5, 5.41) is 0.558. The second kappa shape index (κ2) is 7.72. The zero-order valence-electron chi connectivity index (χ0n) is 11.1. The predicted molar refractivity (Wildman–Crippen MR) is 75.5 cm³/mol. The molecule has 0 fully saturated rings. The van der Waals surface area contributed by atoms with Crippen LogP contribution in [0.2, 0.25) is 5.02 Å². The predicted octanol–water partition coefficient (Wildman–Crippen LogP) is 3.08. The van der Waals surface area contributed by atoms with E-state index < -0.39 is 0 Å². The average molecular weight is 273 g/mol. The molecule has 0 saturated carbocycles. The van der Waals surface area contributed by atoms with E-state index in [2.05, 4.69) is 18.7 Å². The maximum atomic E-state index is 13.5. The van der Waals surface area contributed by atoms with Crippen LogP contribution >= 0.6 is 11.6 Å². The van der Waals surface area contributed by atoms with Crippen molar-refractivity contribution in [3.63, 3.8) is 0 Å². The van der Waals surface area contributed by atoms with Crippen molar-refractivity contribution in [1.29, 1.82) is 0 Å². The minimum Gasteiger partial charge on any atom is -0.327 e. The molecule has 0 amide bonds. The van der Waals surface area contributed by atoms with Gasteiger partial charge in [-0.1, -0.05) is 25.4 Å². The Bertz CT molecular complexity index is 367. The summed E-state index contributed by atoms with van der Waals surface area (Å²) in [7, 11) is 0. The smallest absolute Gasteiger partial charge is 0.126 e. The van der Waals surface area contributed by atoms with Crippen LogP contribution in [0.1, 0.15) is 25.8 Å². The summed E-state index contributed by atoms with van der Waals surface area (Å²) < 4.78 is 13.5. The number of rotatable bonds is 7. The number of nitrogens with two attached hydrogens (primary N) is 1. The lowest BCUT2D eigenvalue weighted by atomic mass is 10.0. The van der Waals surface area contributed by atoms with Gasteiger partial charge in [0.05, 0.1) is 0 Å². The van der Waals surface area contributed by atoms with Crippen LogP contribution in [0.4, 0.5) is 4.39 Å². The van der Waals surface area contributed by atoms with E-state index in [-0.39, 0.29) is 11.9 Å². The second-order valence-electron chi connectivity index (χ2n) is 4.52. The molecule has 18 heavy (non-hydrogen) atoms. The highest BCUT2D eigenvalue weighted by Crippen LogP contribution is 2.16. The number of nitrogens with zero attached hydrogens (tertiary/aromatic N) is 1. The Kier molecular flexibility index (Phi) is 6.61. The molecule has 0 saturated heterocycles. The zero-order chi connectivity index (χ0) is 13.5. The van der Waals surface area contributed by atoms with Crippen molar-refractivity contribution >= 4 is 11.6 Å². The van der Waals surface area contributed by atoms with Gasteiger partial charge in [0.1, 0.15) is 5.82 Å². The molecule has 1 rings (SSSR count). The first-order chi connectivity index (χ1) is 8.56. The van der Waals surface area contributed by atoms with Gasteiger partial charge >= 0.3 is 0 Å². The molecule has 0 aliphatic heterocycles. The highest BCUT2D eigenvalue weighted by Gasteiger charge is 2.10. The van der Waals surface area contributed by atoms with Crippen LogP contribution in [0.3, 0.4) is 0 Å². The van der Waals surface area contributed by atoms with Crippen molar-refractivity contribution in [3.8, 4) is 0 Å². The van der Waals surface area contributed by atoms with Crippen molar-refractivity contribution in [2.75, 3.05) is 19.6 Å². The summed E-state index contributed by atoms with van der Waals surface area (Å²) in [6.07, 6.45) is 1.40. The summed E-state index contributed by atoms with van der Waals surface area (Å²) in [4.78, 5) is 2.31. The molecule has 4 heteroatoms. The summed E-state index contributed by atoms with van der Waals surface area (Å²) in [5.74, 6) is -0.224. The van der Waals surface area contributed by atoms with Crippen LogP contribution in [0.25, 0.3) is 0 Å². The third-order valence-electron chi connectivity index (χ3n) is 3.20. The van der Waals surface area contributed by atoms with Crippen molar-refractivity contribution in [2.24, 2.45) is 5.73 Å². The lowest BCUT2D eigenvalue weighted by Gasteiger charge is -2.20. The molecule has 0 aliphatic rings. The Morgan fingerprint density at radius 1 is 1.33 bits per heavy atom. The Morgan fingerprint density at radius 2 is 2.00 bits per heavy atom. The number of halogens is 2. The maximum absolute atomic E-state index is 13.5. The Hall–Kier alpha value is -0.640. The molecule has 2 N–H and O–H groups in total. The monoisotopic (exact) mass is 272 g/mol. The van der Waals surface area contributed by atoms with E-state index in [4.69, 9.17) is 17.3 Å². The lowest BCUT2D eigenvalue weighted by Crippen LogP contribution is -2.31.